The summed E-state index contributed by atoms with van der Waals surface area (Å²) < 4.78 is 0. The molecule has 7 heteroatoms. The topological polar surface area (TPSA) is 92.5 Å². The Bertz CT molecular complexity index is 554. The number of aliphatic imine (C=N–C) groups is 2. The van der Waals surface area contributed by atoms with E-state index in [1.807, 2.05) is 25.9 Å². The Morgan fingerprint density at radius 1 is 1.25 bits per heavy atom. The van der Waals surface area contributed by atoms with Crippen LogP contribution in [0.25, 0.3) is 0 Å². The van der Waals surface area contributed by atoms with Crippen molar-refractivity contribution in [1.82, 2.24) is 15.5 Å². The Balaban J connectivity index is 1.99. The molecular weight excluding hydrogens is 258 g/mol. The molecule has 0 fully saturated rings. The van der Waals surface area contributed by atoms with E-state index in [0.717, 1.165) is 11.5 Å². The average Bonchev–Trinajstić information content (AvgIpc) is 2.39. The van der Waals surface area contributed by atoms with E-state index in [1.165, 1.54) is 12.1 Å². The van der Waals surface area contributed by atoms with Crippen LogP contribution in [0.5, 0.6) is 11.5 Å². The van der Waals surface area contributed by atoms with Crippen molar-refractivity contribution < 1.29 is 10.2 Å². The standard InChI is InChI=1S/C13H19N5O2/c1-8-15-12(17-13(16-8)18(2)3)14-7-9-4-5-10(19)11(20)6-9/h4-6,8,19-20H,7H2,1-3H3,(H2,14,15,16,17). The monoisotopic (exact) mass is 277 g/mol. The number of nitrogens with zero attached hydrogens (tertiary/aromatic N) is 3. The summed E-state index contributed by atoms with van der Waals surface area (Å²) in [5.41, 5.74) is 0.839. The van der Waals surface area contributed by atoms with E-state index in [4.69, 9.17) is 0 Å². The Hall–Kier alpha value is -2.44. The number of aromatic hydroxyl groups is 2. The van der Waals surface area contributed by atoms with Crippen LogP contribution in [-0.2, 0) is 6.54 Å². The second-order valence-corrected chi connectivity index (χ2v) is 4.76. The summed E-state index contributed by atoms with van der Waals surface area (Å²) in [5.74, 6) is 1.11. The maximum absolute atomic E-state index is 9.44. The molecule has 0 aromatic heterocycles. The quantitative estimate of drug-likeness (QED) is 0.588. The summed E-state index contributed by atoms with van der Waals surface area (Å²) in [7, 11) is 3.80. The molecule has 0 amide bonds. The number of rotatable bonds is 2. The van der Waals surface area contributed by atoms with Gasteiger partial charge < -0.3 is 20.4 Å². The highest BCUT2D eigenvalue weighted by Crippen LogP contribution is 2.24. The first-order chi connectivity index (χ1) is 9.45. The molecule has 1 aromatic rings. The first kappa shape index (κ1) is 14.0. The van der Waals surface area contributed by atoms with E-state index >= 15 is 0 Å². The molecule has 7 nitrogen and oxygen atoms in total. The number of phenolic OH excluding ortho intramolecular Hbond substituents is 2. The minimum absolute atomic E-state index is 0.127. The molecule has 1 unspecified atom stereocenters. The summed E-state index contributed by atoms with van der Waals surface area (Å²) in [6.45, 7) is 2.38. The maximum Gasteiger partial charge on any atom is 0.202 e. The number of hydrogen-bond acceptors (Lipinski definition) is 7. The predicted molar refractivity (Wildman–Crippen MR) is 77.8 cm³/mol. The molecule has 20 heavy (non-hydrogen) atoms. The van der Waals surface area contributed by atoms with Crippen molar-refractivity contribution in [3.63, 3.8) is 0 Å². The van der Waals surface area contributed by atoms with Gasteiger partial charge in [0.2, 0.25) is 11.9 Å². The second-order valence-electron chi connectivity index (χ2n) is 4.76. The molecule has 4 N–H and O–H groups in total. The first-order valence-corrected chi connectivity index (χ1v) is 6.30. The molecule has 108 valence electrons. The van der Waals surface area contributed by atoms with E-state index in [1.54, 1.807) is 6.07 Å². The van der Waals surface area contributed by atoms with E-state index in [9.17, 15) is 10.2 Å². The van der Waals surface area contributed by atoms with E-state index in [0.29, 0.717) is 12.5 Å². The summed E-state index contributed by atoms with van der Waals surface area (Å²) >= 11 is 0. The number of phenols is 2. The lowest BCUT2D eigenvalue weighted by molar-refractivity contribution is 0.403. The van der Waals surface area contributed by atoms with E-state index in [-0.39, 0.29) is 17.7 Å². The third kappa shape index (κ3) is 3.31. The van der Waals surface area contributed by atoms with Crippen molar-refractivity contribution in [2.45, 2.75) is 19.6 Å². The van der Waals surface area contributed by atoms with Crippen LogP contribution in [0.15, 0.2) is 28.2 Å². The van der Waals surface area contributed by atoms with E-state index < -0.39 is 0 Å². The lowest BCUT2D eigenvalue weighted by Crippen LogP contribution is -2.49. The van der Waals surface area contributed by atoms with Crippen LogP contribution in [0.3, 0.4) is 0 Å². The van der Waals surface area contributed by atoms with Crippen LogP contribution < -0.4 is 10.6 Å². The van der Waals surface area contributed by atoms with Crippen molar-refractivity contribution >= 4 is 11.9 Å². The van der Waals surface area contributed by atoms with Gasteiger partial charge in [-0.2, -0.15) is 0 Å². The van der Waals surface area contributed by atoms with Gasteiger partial charge in [-0.3, -0.25) is 5.32 Å². The van der Waals surface area contributed by atoms with Gasteiger partial charge in [0.05, 0.1) is 0 Å². The fraction of sp³-hybridized carbons (Fsp3) is 0.385. The molecular formula is C13H19N5O2. The highest BCUT2D eigenvalue weighted by Gasteiger charge is 2.14. The summed E-state index contributed by atoms with van der Waals surface area (Å²) in [5, 5.41) is 24.9. The number of guanidine groups is 2. The molecule has 0 saturated carbocycles. The Morgan fingerprint density at radius 2 is 2.00 bits per heavy atom. The van der Waals surface area contributed by atoms with Crippen molar-refractivity contribution in [2.75, 3.05) is 14.1 Å². The Morgan fingerprint density at radius 3 is 2.65 bits per heavy atom. The molecule has 0 aliphatic carbocycles. The third-order valence-electron chi connectivity index (χ3n) is 2.78. The maximum atomic E-state index is 9.44. The Labute approximate surface area is 117 Å². The van der Waals surface area contributed by atoms with Crippen molar-refractivity contribution in [3.8, 4) is 11.5 Å². The van der Waals surface area contributed by atoms with Gasteiger partial charge in [-0.15, -0.1) is 0 Å². The highest BCUT2D eigenvalue weighted by atomic mass is 16.3. The van der Waals surface area contributed by atoms with Gasteiger partial charge in [-0.25, -0.2) is 9.98 Å². The number of nitrogens with one attached hydrogen (secondary N) is 2. The molecule has 0 spiro atoms. The van der Waals surface area contributed by atoms with Crippen molar-refractivity contribution in [3.05, 3.63) is 23.8 Å². The van der Waals surface area contributed by atoms with Gasteiger partial charge in [0.1, 0.15) is 6.17 Å². The van der Waals surface area contributed by atoms with Gasteiger partial charge in [0.25, 0.3) is 0 Å². The molecule has 0 radical (unpaired) electrons. The molecule has 1 atom stereocenters. The van der Waals surface area contributed by atoms with Gasteiger partial charge in [0, 0.05) is 20.6 Å². The molecule has 0 saturated heterocycles. The van der Waals surface area contributed by atoms with Crippen molar-refractivity contribution in [1.29, 1.82) is 0 Å². The molecule has 1 heterocycles. The van der Waals surface area contributed by atoms with Gasteiger partial charge >= 0.3 is 0 Å². The minimum atomic E-state index is -0.149. The molecule has 1 aliphatic rings. The third-order valence-corrected chi connectivity index (χ3v) is 2.78. The van der Waals surface area contributed by atoms with Gasteiger partial charge in [0.15, 0.2) is 11.5 Å². The van der Waals surface area contributed by atoms with Crippen LogP contribution in [-0.4, -0.2) is 47.3 Å². The van der Waals surface area contributed by atoms with Crippen LogP contribution >= 0.6 is 0 Å². The second kappa shape index (κ2) is 5.68. The fourth-order valence-electron chi connectivity index (χ4n) is 1.74. The Kier molecular flexibility index (Phi) is 3.97. The SMILES string of the molecule is CC1N=C(NCc2ccc(O)c(O)c2)NC(N(C)C)=N1. The molecule has 2 rings (SSSR count). The normalized spacial score (nSPS) is 17.9. The van der Waals surface area contributed by atoms with Gasteiger partial charge in [-0.1, -0.05) is 6.07 Å². The molecule has 1 aliphatic heterocycles. The van der Waals surface area contributed by atoms with Crippen LogP contribution in [0.1, 0.15) is 12.5 Å². The highest BCUT2D eigenvalue weighted by molar-refractivity contribution is 5.99. The zero-order chi connectivity index (χ0) is 14.7. The lowest BCUT2D eigenvalue weighted by atomic mass is 10.2. The number of benzene rings is 1. The molecule has 1 aromatic carbocycles. The average molecular weight is 277 g/mol. The minimum Gasteiger partial charge on any atom is -0.504 e. The predicted octanol–water partition coefficient (Wildman–Crippen LogP) is 0.410. The summed E-state index contributed by atoms with van der Waals surface area (Å²) in [6, 6.07) is 4.70. The summed E-state index contributed by atoms with van der Waals surface area (Å²) in [6.07, 6.45) is -0.149. The zero-order valence-electron chi connectivity index (χ0n) is 11.8. The molecule has 0 bridgehead atoms. The van der Waals surface area contributed by atoms with Crippen molar-refractivity contribution in [2.24, 2.45) is 9.98 Å². The van der Waals surface area contributed by atoms with Crippen LogP contribution in [0.4, 0.5) is 0 Å². The fourth-order valence-corrected chi connectivity index (χ4v) is 1.74. The largest absolute Gasteiger partial charge is 0.504 e. The van der Waals surface area contributed by atoms with Gasteiger partial charge in [-0.05, 0) is 24.6 Å². The van der Waals surface area contributed by atoms with Crippen LogP contribution in [0, 0.1) is 0 Å². The summed E-state index contributed by atoms with van der Waals surface area (Å²) in [4.78, 5) is 10.6. The first-order valence-electron chi connectivity index (χ1n) is 6.30. The van der Waals surface area contributed by atoms with Crippen LogP contribution in [0.2, 0.25) is 0 Å². The zero-order valence-corrected chi connectivity index (χ0v) is 11.8. The van der Waals surface area contributed by atoms with E-state index in [2.05, 4.69) is 20.6 Å². The lowest BCUT2D eigenvalue weighted by Gasteiger charge is -2.24. The number of hydrogen-bond donors (Lipinski definition) is 4. The smallest absolute Gasteiger partial charge is 0.202 e.